The highest BCUT2D eigenvalue weighted by molar-refractivity contribution is 6.30. The standard InChI is InChI=1S/C11H13ClO3/c1-8-13-6-11(15-8)7-14-10-4-2-9(12)3-5-10/h2-5,8,11H,6-7H2,1H3. The van der Waals surface area contributed by atoms with E-state index in [4.69, 9.17) is 25.8 Å². The monoisotopic (exact) mass is 228 g/mol. The predicted octanol–water partition coefficient (Wildman–Crippen LogP) is 2.48. The molecular weight excluding hydrogens is 216 g/mol. The highest BCUT2D eigenvalue weighted by Gasteiger charge is 2.22. The lowest BCUT2D eigenvalue weighted by atomic mass is 10.3. The van der Waals surface area contributed by atoms with Gasteiger partial charge in [0.15, 0.2) is 6.29 Å². The van der Waals surface area contributed by atoms with Crippen LogP contribution in [-0.4, -0.2) is 25.6 Å². The summed E-state index contributed by atoms with van der Waals surface area (Å²) < 4.78 is 16.2. The molecule has 4 heteroatoms. The molecule has 1 heterocycles. The number of halogens is 1. The molecule has 82 valence electrons. The van der Waals surface area contributed by atoms with Crippen LogP contribution < -0.4 is 4.74 Å². The van der Waals surface area contributed by atoms with E-state index in [0.717, 1.165) is 5.75 Å². The van der Waals surface area contributed by atoms with E-state index in [0.29, 0.717) is 18.2 Å². The lowest BCUT2D eigenvalue weighted by molar-refractivity contribution is -0.0486. The Kier molecular flexibility index (Phi) is 3.46. The summed E-state index contributed by atoms with van der Waals surface area (Å²) in [7, 11) is 0. The third-order valence-corrected chi connectivity index (χ3v) is 2.40. The summed E-state index contributed by atoms with van der Waals surface area (Å²) >= 11 is 5.76. The average Bonchev–Trinajstić information content (AvgIpc) is 2.64. The van der Waals surface area contributed by atoms with E-state index in [1.807, 2.05) is 19.1 Å². The van der Waals surface area contributed by atoms with Gasteiger partial charge in [-0.1, -0.05) is 11.6 Å². The first kappa shape index (κ1) is 10.7. The lowest BCUT2D eigenvalue weighted by Gasteiger charge is -2.10. The van der Waals surface area contributed by atoms with Gasteiger partial charge in [0, 0.05) is 5.02 Å². The van der Waals surface area contributed by atoms with Crippen molar-refractivity contribution in [3.8, 4) is 5.75 Å². The topological polar surface area (TPSA) is 27.7 Å². The summed E-state index contributed by atoms with van der Waals surface area (Å²) in [4.78, 5) is 0. The highest BCUT2D eigenvalue weighted by Crippen LogP contribution is 2.17. The average molecular weight is 229 g/mol. The molecule has 2 unspecified atom stereocenters. The quantitative estimate of drug-likeness (QED) is 0.796. The molecule has 15 heavy (non-hydrogen) atoms. The predicted molar refractivity (Wildman–Crippen MR) is 57.2 cm³/mol. The van der Waals surface area contributed by atoms with Gasteiger partial charge in [-0.3, -0.25) is 0 Å². The molecule has 0 aliphatic carbocycles. The smallest absolute Gasteiger partial charge is 0.155 e. The van der Waals surface area contributed by atoms with Gasteiger partial charge in [0.2, 0.25) is 0 Å². The summed E-state index contributed by atoms with van der Waals surface area (Å²) in [5.74, 6) is 0.794. The van der Waals surface area contributed by atoms with Crippen LogP contribution in [0.5, 0.6) is 5.75 Å². The van der Waals surface area contributed by atoms with Crippen molar-refractivity contribution in [3.05, 3.63) is 29.3 Å². The molecule has 1 aliphatic rings. The van der Waals surface area contributed by atoms with Crippen LogP contribution in [0, 0.1) is 0 Å². The summed E-state index contributed by atoms with van der Waals surface area (Å²) in [5.41, 5.74) is 0. The molecule has 0 saturated carbocycles. The van der Waals surface area contributed by atoms with E-state index < -0.39 is 0 Å². The van der Waals surface area contributed by atoms with Gasteiger partial charge >= 0.3 is 0 Å². The first-order chi connectivity index (χ1) is 7.24. The van der Waals surface area contributed by atoms with Crippen LogP contribution in [0.4, 0.5) is 0 Å². The second kappa shape index (κ2) is 4.84. The molecule has 1 aromatic rings. The van der Waals surface area contributed by atoms with Crippen LogP contribution in [-0.2, 0) is 9.47 Å². The molecular formula is C11H13ClO3. The van der Waals surface area contributed by atoms with Gasteiger partial charge in [-0.15, -0.1) is 0 Å². The fourth-order valence-electron chi connectivity index (χ4n) is 1.40. The zero-order chi connectivity index (χ0) is 10.7. The third-order valence-electron chi connectivity index (χ3n) is 2.15. The minimum atomic E-state index is -0.121. The van der Waals surface area contributed by atoms with Crippen molar-refractivity contribution in [2.24, 2.45) is 0 Å². The molecule has 2 atom stereocenters. The first-order valence-corrected chi connectivity index (χ1v) is 5.27. The number of rotatable bonds is 3. The highest BCUT2D eigenvalue weighted by atomic mass is 35.5. The van der Waals surface area contributed by atoms with E-state index >= 15 is 0 Å². The van der Waals surface area contributed by atoms with Crippen molar-refractivity contribution in [1.82, 2.24) is 0 Å². The second-order valence-electron chi connectivity index (χ2n) is 3.42. The van der Waals surface area contributed by atoms with E-state index in [1.54, 1.807) is 12.1 Å². The molecule has 1 aromatic carbocycles. The summed E-state index contributed by atoms with van der Waals surface area (Å²) in [6.45, 7) is 2.98. The van der Waals surface area contributed by atoms with E-state index in [9.17, 15) is 0 Å². The van der Waals surface area contributed by atoms with Crippen molar-refractivity contribution in [1.29, 1.82) is 0 Å². The number of ether oxygens (including phenoxy) is 3. The van der Waals surface area contributed by atoms with Crippen LogP contribution in [0.1, 0.15) is 6.92 Å². The zero-order valence-corrected chi connectivity index (χ0v) is 9.24. The summed E-state index contributed by atoms with van der Waals surface area (Å²) in [5, 5.41) is 0.705. The van der Waals surface area contributed by atoms with Crippen LogP contribution in [0.25, 0.3) is 0 Å². The maximum absolute atomic E-state index is 5.76. The van der Waals surface area contributed by atoms with Crippen molar-refractivity contribution >= 4 is 11.6 Å². The Morgan fingerprint density at radius 3 is 2.73 bits per heavy atom. The summed E-state index contributed by atoms with van der Waals surface area (Å²) in [6.07, 6.45) is -0.0977. The van der Waals surface area contributed by atoms with Crippen molar-refractivity contribution in [2.45, 2.75) is 19.3 Å². The fourth-order valence-corrected chi connectivity index (χ4v) is 1.53. The van der Waals surface area contributed by atoms with Crippen molar-refractivity contribution in [3.63, 3.8) is 0 Å². The molecule has 1 aliphatic heterocycles. The second-order valence-corrected chi connectivity index (χ2v) is 3.86. The normalized spacial score (nSPS) is 25.5. The molecule has 0 radical (unpaired) electrons. The molecule has 0 N–H and O–H groups in total. The SMILES string of the molecule is CC1OCC(COc2ccc(Cl)cc2)O1. The van der Waals surface area contributed by atoms with Crippen molar-refractivity contribution < 1.29 is 14.2 Å². The van der Waals surface area contributed by atoms with Crippen molar-refractivity contribution in [2.75, 3.05) is 13.2 Å². The van der Waals surface area contributed by atoms with Crippen LogP contribution >= 0.6 is 11.6 Å². The molecule has 0 bridgehead atoms. The van der Waals surface area contributed by atoms with Gasteiger partial charge in [-0.25, -0.2) is 0 Å². The molecule has 2 rings (SSSR count). The van der Waals surface area contributed by atoms with Gasteiger partial charge in [0.25, 0.3) is 0 Å². The van der Waals surface area contributed by atoms with Crippen LogP contribution in [0.15, 0.2) is 24.3 Å². The van der Waals surface area contributed by atoms with Gasteiger partial charge in [0.1, 0.15) is 18.5 Å². The Hall–Kier alpha value is -0.770. The molecule has 0 amide bonds. The lowest BCUT2D eigenvalue weighted by Crippen LogP contribution is -2.20. The molecule has 3 nitrogen and oxygen atoms in total. The Morgan fingerprint density at radius 1 is 1.40 bits per heavy atom. The Bertz CT molecular complexity index is 312. The molecule has 1 saturated heterocycles. The fraction of sp³-hybridized carbons (Fsp3) is 0.455. The Balaban J connectivity index is 1.80. The Morgan fingerprint density at radius 2 is 2.13 bits per heavy atom. The van der Waals surface area contributed by atoms with E-state index in [-0.39, 0.29) is 12.4 Å². The zero-order valence-electron chi connectivity index (χ0n) is 8.48. The maximum atomic E-state index is 5.76. The Labute approximate surface area is 93.9 Å². The largest absolute Gasteiger partial charge is 0.491 e. The molecule has 0 spiro atoms. The van der Waals surface area contributed by atoms with Crippen LogP contribution in [0.2, 0.25) is 5.02 Å². The summed E-state index contributed by atoms with van der Waals surface area (Å²) in [6, 6.07) is 7.26. The first-order valence-electron chi connectivity index (χ1n) is 4.89. The van der Waals surface area contributed by atoms with Gasteiger partial charge < -0.3 is 14.2 Å². The number of hydrogen-bond acceptors (Lipinski definition) is 3. The minimum absolute atomic E-state index is 0.0238. The van der Waals surface area contributed by atoms with Gasteiger partial charge in [-0.05, 0) is 31.2 Å². The number of hydrogen-bond donors (Lipinski definition) is 0. The minimum Gasteiger partial charge on any atom is -0.491 e. The number of benzene rings is 1. The van der Waals surface area contributed by atoms with Crippen LogP contribution in [0.3, 0.4) is 0 Å². The molecule has 1 fully saturated rings. The van der Waals surface area contributed by atoms with E-state index in [2.05, 4.69) is 0 Å². The van der Waals surface area contributed by atoms with Gasteiger partial charge in [0.05, 0.1) is 6.61 Å². The maximum Gasteiger partial charge on any atom is 0.155 e. The molecule has 0 aromatic heterocycles. The van der Waals surface area contributed by atoms with Gasteiger partial charge in [-0.2, -0.15) is 0 Å². The van der Waals surface area contributed by atoms with E-state index in [1.165, 1.54) is 0 Å². The third kappa shape index (κ3) is 3.09.